The lowest BCUT2D eigenvalue weighted by Crippen LogP contribution is -2.45. The van der Waals surface area contributed by atoms with Gasteiger partial charge in [0.05, 0.1) is 23.2 Å². The van der Waals surface area contributed by atoms with E-state index in [1.54, 1.807) is 0 Å². The van der Waals surface area contributed by atoms with Gasteiger partial charge in [-0.3, -0.25) is 9.10 Å². The number of hydrogen-bond donors (Lipinski definition) is 1. The van der Waals surface area contributed by atoms with Crippen LogP contribution in [-0.2, 0) is 21.0 Å². The molecule has 2 aromatic rings. The standard InChI is InChI=1S/C19H19F3N2O5S/c1-12(18(25)23-15-6-4-3-5-14(15)19(20,21)22)24(30(2,26)27)13-7-8-16-17(11-13)29-10-9-28-16/h3-8,11-12H,9-10H2,1-2H3,(H,23,25)/t12-/m0/s1. The maximum atomic E-state index is 13.2. The van der Waals surface area contributed by atoms with E-state index in [1.807, 2.05) is 0 Å². The quantitative estimate of drug-likeness (QED) is 0.765. The highest BCUT2D eigenvalue weighted by Crippen LogP contribution is 2.37. The number of nitrogens with zero attached hydrogens (tertiary/aromatic N) is 1. The summed E-state index contributed by atoms with van der Waals surface area (Å²) in [5, 5.41) is 2.18. The molecule has 0 saturated carbocycles. The molecule has 1 aliphatic heterocycles. The van der Waals surface area contributed by atoms with Crippen LogP contribution < -0.4 is 19.1 Å². The Morgan fingerprint density at radius 1 is 1.10 bits per heavy atom. The highest BCUT2D eigenvalue weighted by molar-refractivity contribution is 7.92. The van der Waals surface area contributed by atoms with Crippen molar-refractivity contribution >= 4 is 27.3 Å². The Morgan fingerprint density at radius 3 is 2.37 bits per heavy atom. The van der Waals surface area contributed by atoms with Gasteiger partial charge in [0.25, 0.3) is 0 Å². The number of fused-ring (bicyclic) bond motifs is 1. The Bertz CT molecular complexity index is 1060. The van der Waals surface area contributed by atoms with Crippen molar-refractivity contribution in [3.05, 3.63) is 48.0 Å². The van der Waals surface area contributed by atoms with E-state index in [0.717, 1.165) is 22.7 Å². The molecule has 0 unspecified atom stereocenters. The molecule has 1 atom stereocenters. The van der Waals surface area contributed by atoms with Crippen LogP contribution >= 0.6 is 0 Å². The Kier molecular flexibility index (Phi) is 5.84. The van der Waals surface area contributed by atoms with Gasteiger partial charge in [0.1, 0.15) is 19.3 Å². The van der Waals surface area contributed by atoms with Gasteiger partial charge in [-0.25, -0.2) is 8.42 Å². The zero-order valence-corrected chi connectivity index (χ0v) is 16.9. The van der Waals surface area contributed by atoms with E-state index < -0.39 is 39.4 Å². The third-order valence-electron chi connectivity index (χ3n) is 4.36. The number of hydrogen-bond acceptors (Lipinski definition) is 5. The summed E-state index contributed by atoms with van der Waals surface area (Å²) in [7, 11) is -3.97. The van der Waals surface area contributed by atoms with Gasteiger partial charge >= 0.3 is 6.18 Å². The third-order valence-corrected chi connectivity index (χ3v) is 5.60. The van der Waals surface area contributed by atoms with E-state index in [1.165, 1.54) is 37.3 Å². The Morgan fingerprint density at radius 2 is 1.73 bits per heavy atom. The first-order valence-corrected chi connectivity index (χ1v) is 10.7. The lowest BCUT2D eigenvalue weighted by Gasteiger charge is -2.29. The van der Waals surface area contributed by atoms with Crippen molar-refractivity contribution in [2.45, 2.75) is 19.1 Å². The van der Waals surface area contributed by atoms with Gasteiger partial charge in [0, 0.05) is 6.07 Å². The number of nitrogens with one attached hydrogen (secondary N) is 1. The number of halogens is 3. The summed E-state index contributed by atoms with van der Waals surface area (Å²) in [6.07, 6.45) is -3.78. The molecular formula is C19H19F3N2O5S. The first kappa shape index (κ1) is 21.8. The zero-order valence-electron chi connectivity index (χ0n) is 16.1. The Hall–Kier alpha value is -2.95. The number of amides is 1. The van der Waals surface area contributed by atoms with E-state index in [-0.39, 0.29) is 12.3 Å². The predicted octanol–water partition coefficient (Wildman–Crippen LogP) is 3.27. The summed E-state index contributed by atoms with van der Waals surface area (Å²) in [6, 6.07) is 7.46. The SMILES string of the molecule is C[C@@H](C(=O)Nc1ccccc1C(F)(F)F)N(c1ccc2c(c1)OCCO2)S(C)(=O)=O. The predicted molar refractivity (Wildman–Crippen MR) is 104 cm³/mol. The minimum absolute atomic E-state index is 0.119. The normalized spacial score (nSPS) is 14.7. The van der Waals surface area contributed by atoms with E-state index in [0.29, 0.717) is 18.1 Å². The van der Waals surface area contributed by atoms with E-state index in [9.17, 15) is 26.4 Å². The van der Waals surface area contributed by atoms with Crippen LogP contribution in [0.25, 0.3) is 0 Å². The number of benzene rings is 2. The van der Waals surface area contributed by atoms with Crippen molar-refractivity contribution in [3.63, 3.8) is 0 Å². The molecule has 11 heteroatoms. The maximum Gasteiger partial charge on any atom is 0.418 e. The highest BCUT2D eigenvalue weighted by atomic mass is 32.2. The van der Waals surface area contributed by atoms with Crippen molar-refractivity contribution in [1.29, 1.82) is 0 Å². The first-order chi connectivity index (χ1) is 14.0. The molecule has 162 valence electrons. The summed E-state index contributed by atoms with van der Waals surface area (Å²) < 4.78 is 76.1. The Labute approximate surface area is 171 Å². The van der Waals surface area contributed by atoms with Gasteiger partial charge in [0.2, 0.25) is 15.9 Å². The summed E-state index contributed by atoms with van der Waals surface area (Å²) in [5.41, 5.74) is -1.37. The number of ether oxygens (including phenoxy) is 2. The molecule has 1 N–H and O–H groups in total. The molecule has 30 heavy (non-hydrogen) atoms. The first-order valence-electron chi connectivity index (χ1n) is 8.84. The molecule has 1 amide bonds. The minimum atomic E-state index is -4.68. The largest absolute Gasteiger partial charge is 0.486 e. The van der Waals surface area contributed by atoms with Crippen molar-refractivity contribution in [2.24, 2.45) is 0 Å². The minimum Gasteiger partial charge on any atom is -0.486 e. The average molecular weight is 444 g/mol. The van der Waals surface area contributed by atoms with Gasteiger partial charge in [-0.2, -0.15) is 13.2 Å². The number of anilines is 2. The topological polar surface area (TPSA) is 84.9 Å². The number of para-hydroxylation sites is 1. The average Bonchev–Trinajstić information content (AvgIpc) is 2.66. The van der Waals surface area contributed by atoms with E-state index in [4.69, 9.17) is 9.47 Å². The number of alkyl halides is 3. The van der Waals surface area contributed by atoms with E-state index in [2.05, 4.69) is 5.32 Å². The van der Waals surface area contributed by atoms with Gasteiger partial charge in [0.15, 0.2) is 11.5 Å². The van der Waals surface area contributed by atoms with Crippen molar-refractivity contribution in [2.75, 3.05) is 29.1 Å². The van der Waals surface area contributed by atoms with E-state index >= 15 is 0 Å². The fourth-order valence-corrected chi connectivity index (χ4v) is 4.22. The number of rotatable bonds is 5. The maximum absolute atomic E-state index is 13.2. The monoisotopic (exact) mass is 444 g/mol. The molecule has 0 spiro atoms. The molecule has 0 radical (unpaired) electrons. The van der Waals surface area contributed by atoms with Crippen molar-refractivity contribution < 1.29 is 35.9 Å². The molecule has 0 fully saturated rings. The zero-order chi connectivity index (χ0) is 22.1. The Balaban J connectivity index is 1.92. The molecule has 3 rings (SSSR count). The second-order valence-electron chi connectivity index (χ2n) is 6.60. The molecular weight excluding hydrogens is 425 g/mol. The fraction of sp³-hybridized carbons (Fsp3) is 0.316. The summed E-state index contributed by atoms with van der Waals surface area (Å²) >= 11 is 0. The molecule has 0 bridgehead atoms. The number of sulfonamides is 1. The van der Waals surface area contributed by atoms with Crippen LogP contribution in [0.3, 0.4) is 0 Å². The van der Waals surface area contributed by atoms with Crippen LogP contribution in [0.2, 0.25) is 0 Å². The lowest BCUT2D eigenvalue weighted by atomic mass is 10.1. The smallest absolute Gasteiger partial charge is 0.418 e. The highest BCUT2D eigenvalue weighted by Gasteiger charge is 2.35. The van der Waals surface area contributed by atoms with Crippen molar-refractivity contribution in [1.82, 2.24) is 0 Å². The molecule has 1 aliphatic rings. The molecule has 7 nitrogen and oxygen atoms in total. The molecule has 0 saturated heterocycles. The van der Waals surface area contributed by atoms with Gasteiger partial charge in [-0.1, -0.05) is 12.1 Å². The van der Waals surface area contributed by atoms with Gasteiger partial charge in [-0.15, -0.1) is 0 Å². The van der Waals surface area contributed by atoms with Crippen molar-refractivity contribution in [3.8, 4) is 11.5 Å². The van der Waals surface area contributed by atoms with Gasteiger partial charge < -0.3 is 14.8 Å². The molecule has 1 heterocycles. The summed E-state index contributed by atoms with van der Waals surface area (Å²) in [6.45, 7) is 1.91. The lowest BCUT2D eigenvalue weighted by molar-refractivity contribution is -0.137. The van der Waals surface area contributed by atoms with Gasteiger partial charge in [-0.05, 0) is 31.2 Å². The second kappa shape index (κ2) is 8.05. The van der Waals surface area contributed by atoms with Crippen LogP contribution in [0.4, 0.5) is 24.5 Å². The number of carbonyl (C=O) groups excluding carboxylic acids is 1. The molecule has 0 aliphatic carbocycles. The second-order valence-corrected chi connectivity index (χ2v) is 8.45. The summed E-state index contributed by atoms with van der Waals surface area (Å²) in [4.78, 5) is 12.7. The van der Waals surface area contributed by atoms with Crippen LogP contribution in [0.15, 0.2) is 42.5 Å². The third kappa shape index (κ3) is 4.61. The van der Waals surface area contributed by atoms with Crippen LogP contribution in [0, 0.1) is 0 Å². The molecule has 0 aromatic heterocycles. The van der Waals surface area contributed by atoms with Crippen LogP contribution in [0.1, 0.15) is 12.5 Å². The van der Waals surface area contributed by atoms with Crippen LogP contribution in [-0.4, -0.2) is 39.8 Å². The molecule has 2 aromatic carbocycles. The van der Waals surface area contributed by atoms with Crippen LogP contribution in [0.5, 0.6) is 11.5 Å². The fourth-order valence-electron chi connectivity index (χ4n) is 3.05. The summed E-state index contributed by atoms with van der Waals surface area (Å²) in [5.74, 6) is -0.191. The number of carbonyl (C=O) groups is 1.